The van der Waals surface area contributed by atoms with Crippen molar-refractivity contribution in [3.63, 3.8) is 0 Å². The van der Waals surface area contributed by atoms with E-state index in [1.54, 1.807) is 0 Å². The Hall–Kier alpha value is -0.240. The maximum absolute atomic E-state index is 10.8. The second kappa shape index (κ2) is 9.15. The molecule has 0 aliphatic carbocycles. The smallest absolute Gasteiger partial charge is 0.187 e. The van der Waals surface area contributed by atoms with Crippen LogP contribution in [0.4, 0.5) is 0 Å². The molecule has 0 bridgehead atoms. The van der Waals surface area contributed by atoms with E-state index in [9.17, 15) is 20.4 Å². The maximum atomic E-state index is 10.8. The summed E-state index contributed by atoms with van der Waals surface area (Å²) < 4.78 is 5.11. The zero-order valence-corrected chi connectivity index (χ0v) is 13.7. The van der Waals surface area contributed by atoms with E-state index in [0.29, 0.717) is 12.8 Å². The zero-order chi connectivity index (χ0) is 16.8. The normalized spacial score (nSPS) is 37.2. The number of hydrogen-bond donors (Lipinski definition) is 5. The summed E-state index contributed by atoms with van der Waals surface area (Å²) in [6, 6.07) is 0. The van der Waals surface area contributed by atoms with Crippen molar-refractivity contribution in [2.24, 2.45) is 5.92 Å². The first-order chi connectivity index (χ1) is 10.4. The molecule has 5 N–H and O–H groups in total. The molecule has 132 valence electrons. The lowest BCUT2D eigenvalue weighted by Crippen LogP contribution is -2.69. The second-order valence-electron chi connectivity index (χ2n) is 6.34. The van der Waals surface area contributed by atoms with Gasteiger partial charge in [0.15, 0.2) is 6.29 Å². The van der Waals surface area contributed by atoms with Crippen LogP contribution in [0.1, 0.15) is 58.8 Å². The molecule has 6 atom stereocenters. The van der Waals surface area contributed by atoms with Gasteiger partial charge >= 0.3 is 0 Å². The van der Waals surface area contributed by atoms with Crippen molar-refractivity contribution in [3.05, 3.63) is 0 Å². The van der Waals surface area contributed by atoms with Crippen molar-refractivity contribution in [1.82, 2.24) is 0 Å². The fraction of sp³-hybridized carbons (Fsp3) is 1.00. The third-order valence-corrected chi connectivity index (χ3v) is 4.86. The first-order valence-corrected chi connectivity index (χ1v) is 8.46. The highest BCUT2D eigenvalue weighted by atomic mass is 16.6. The first kappa shape index (κ1) is 19.8. The quantitative estimate of drug-likeness (QED) is 0.397. The Morgan fingerprint density at radius 2 is 1.68 bits per heavy atom. The number of hydrogen-bond acceptors (Lipinski definition) is 6. The molecule has 22 heavy (non-hydrogen) atoms. The molecule has 0 aromatic heterocycles. The molecule has 0 saturated carbocycles. The fourth-order valence-electron chi connectivity index (χ4n) is 3.33. The van der Waals surface area contributed by atoms with E-state index in [1.165, 1.54) is 6.42 Å². The summed E-state index contributed by atoms with van der Waals surface area (Å²) in [5.74, 6) is -0.381. The zero-order valence-electron chi connectivity index (χ0n) is 13.7. The van der Waals surface area contributed by atoms with Crippen molar-refractivity contribution in [2.45, 2.75) is 89.0 Å². The van der Waals surface area contributed by atoms with E-state index in [1.807, 2.05) is 6.92 Å². The topological polar surface area (TPSA) is 110 Å². The third kappa shape index (κ3) is 4.19. The van der Waals surface area contributed by atoms with Crippen LogP contribution in [-0.4, -0.2) is 62.3 Å². The van der Waals surface area contributed by atoms with E-state index in [0.717, 1.165) is 25.7 Å². The van der Waals surface area contributed by atoms with Crippen molar-refractivity contribution in [3.8, 4) is 0 Å². The number of aliphatic hydroxyl groups is 5. The average Bonchev–Trinajstić information content (AvgIpc) is 2.52. The molecule has 0 radical (unpaired) electrons. The number of rotatable bonds is 9. The van der Waals surface area contributed by atoms with Gasteiger partial charge in [0.25, 0.3) is 0 Å². The van der Waals surface area contributed by atoms with Crippen LogP contribution in [-0.2, 0) is 4.74 Å². The van der Waals surface area contributed by atoms with Gasteiger partial charge in [-0.3, -0.25) is 0 Å². The second-order valence-corrected chi connectivity index (χ2v) is 6.34. The molecule has 0 spiro atoms. The lowest BCUT2D eigenvalue weighted by Gasteiger charge is -2.49. The lowest BCUT2D eigenvalue weighted by molar-refractivity contribution is -0.344. The van der Waals surface area contributed by atoms with Crippen LogP contribution in [0.5, 0.6) is 0 Å². The highest BCUT2D eigenvalue weighted by molar-refractivity contribution is 5.03. The van der Waals surface area contributed by atoms with Crippen molar-refractivity contribution in [2.75, 3.05) is 6.61 Å². The van der Waals surface area contributed by atoms with Gasteiger partial charge in [0.1, 0.15) is 23.9 Å². The Labute approximate surface area is 132 Å². The summed E-state index contributed by atoms with van der Waals surface area (Å²) in [5.41, 5.74) is -1.91. The SMILES string of the molecule is CCCCCCCC(CC)[C@]1(O)C(O)O[C@H](CO)[C@@H](O)[C@@H]1O. The monoisotopic (exact) mass is 320 g/mol. The summed E-state index contributed by atoms with van der Waals surface area (Å²) in [6.45, 7) is 3.49. The maximum Gasteiger partial charge on any atom is 0.187 e. The highest BCUT2D eigenvalue weighted by Crippen LogP contribution is 2.38. The number of ether oxygens (including phenoxy) is 1. The van der Waals surface area contributed by atoms with E-state index >= 15 is 0 Å². The largest absolute Gasteiger partial charge is 0.394 e. The van der Waals surface area contributed by atoms with Crippen LogP contribution < -0.4 is 0 Å². The van der Waals surface area contributed by atoms with Gasteiger partial charge < -0.3 is 30.3 Å². The molecule has 0 aromatic rings. The molecule has 1 aliphatic rings. The minimum absolute atomic E-state index is 0.381. The molecule has 0 aromatic carbocycles. The van der Waals surface area contributed by atoms with Gasteiger partial charge in [0.05, 0.1) is 6.61 Å². The van der Waals surface area contributed by atoms with Crippen LogP contribution in [0.2, 0.25) is 0 Å². The predicted octanol–water partition coefficient (Wildman–Crippen LogP) is 0.535. The third-order valence-electron chi connectivity index (χ3n) is 4.86. The van der Waals surface area contributed by atoms with Gasteiger partial charge in [-0.05, 0) is 12.3 Å². The van der Waals surface area contributed by atoms with E-state index in [-0.39, 0.29) is 5.92 Å². The molecule has 1 aliphatic heterocycles. The van der Waals surface area contributed by atoms with Crippen molar-refractivity contribution >= 4 is 0 Å². The molecule has 1 saturated heterocycles. The van der Waals surface area contributed by atoms with Gasteiger partial charge in [-0.15, -0.1) is 0 Å². The summed E-state index contributed by atoms with van der Waals surface area (Å²) in [4.78, 5) is 0. The molecule has 6 heteroatoms. The summed E-state index contributed by atoms with van der Waals surface area (Å²) >= 11 is 0. The molecule has 2 unspecified atom stereocenters. The molecule has 1 rings (SSSR count). The molecular weight excluding hydrogens is 288 g/mol. The summed E-state index contributed by atoms with van der Waals surface area (Å²) in [5, 5.41) is 50.2. The standard InChI is InChI=1S/C16H32O6/c1-3-5-6-7-8-9-11(4-2)16(21)14(19)13(18)12(10-17)22-15(16)20/h11-15,17-21H,3-10H2,1-2H3/t11?,12-,13-,14+,15?,16-/m1/s1. The Kier molecular flexibility index (Phi) is 8.24. The van der Waals surface area contributed by atoms with E-state index < -0.39 is 36.8 Å². The predicted molar refractivity (Wildman–Crippen MR) is 82.1 cm³/mol. The first-order valence-electron chi connectivity index (χ1n) is 8.46. The molecule has 0 amide bonds. The Bertz CT molecular complexity index is 313. The van der Waals surface area contributed by atoms with Crippen LogP contribution in [0.3, 0.4) is 0 Å². The lowest BCUT2D eigenvalue weighted by atomic mass is 9.73. The minimum Gasteiger partial charge on any atom is -0.394 e. The van der Waals surface area contributed by atoms with Gasteiger partial charge in [-0.1, -0.05) is 52.4 Å². The Morgan fingerprint density at radius 3 is 2.23 bits per heavy atom. The number of unbranched alkanes of at least 4 members (excludes halogenated alkanes) is 4. The van der Waals surface area contributed by atoms with E-state index in [4.69, 9.17) is 9.84 Å². The Morgan fingerprint density at radius 1 is 1.05 bits per heavy atom. The van der Waals surface area contributed by atoms with Gasteiger partial charge in [-0.2, -0.15) is 0 Å². The minimum atomic E-state index is -1.91. The molecule has 1 fully saturated rings. The molecular formula is C16H32O6. The van der Waals surface area contributed by atoms with Crippen LogP contribution >= 0.6 is 0 Å². The molecule has 6 nitrogen and oxygen atoms in total. The van der Waals surface area contributed by atoms with Gasteiger partial charge in [0, 0.05) is 0 Å². The van der Waals surface area contributed by atoms with Crippen molar-refractivity contribution in [1.29, 1.82) is 0 Å². The number of aliphatic hydroxyl groups excluding tert-OH is 4. The molecule has 1 heterocycles. The van der Waals surface area contributed by atoms with Crippen molar-refractivity contribution < 1.29 is 30.3 Å². The highest BCUT2D eigenvalue weighted by Gasteiger charge is 2.57. The van der Waals surface area contributed by atoms with Crippen LogP contribution in [0.15, 0.2) is 0 Å². The summed E-state index contributed by atoms with van der Waals surface area (Å²) in [7, 11) is 0. The van der Waals surface area contributed by atoms with Crippen LogP contribution in [0.25, 0.3) is 0 Å². The van der Waals surface area contributed by atoms with Gasteiger partial charge in [-0.25, -0.2) is 0 Å². The van der Waals surface area contributed by atoms with E-state index in [2.05, 4.69) is 6.92 Å². The van der Waals surface area contributed by atoms with Crippen LogP contribution in [0, 0.1) is 5.92 Å². The van der Waals surface area contributed by atoms with Gasteiger partial charge in [0.2, 0.25) is 0 Å². The Balaban J connectivity index is 2.70. The average molecular weight is 320 g/mol. The summed E-state index contributed by atoms with van der Waals surface area (Å²) in [6.07, 6.45) is 0.894. The fourth-order valence-corrected chi connectivity index (χ4v) is 3.33.